The van der Waals surface area contributed by atoms with Crippen molar-refractivity contribution in [1.82, 2.24) is 0 Å². The van der Waals surface area contributed by atoms with Crippen molar-refractivity contribution in [3.05, 3.63) is 0 Å². The highest BCUT2D eigenvalue weighted by Gasteiger charge is 2.56. The normalized spacial score (nSPS) is 39.4. The molecule has 0 N–H and O–H groups in total. The van der Waals surface area contributed by atoms with Crippen LogP contribution in [0.4, 0.5) is 0 Å². The van der Waals surface area contributed by atoms with Gasteiger partial charge in [-0.15, -0.1) is 0 Å². The Morgan fingerprint density at radius 1 is 1.50 bits per heavy atom. The Bertz CT molecular complexity index is 105. The summed E-state index contributed by atoms with van der Waals surface area (Å²) in [5.74, 6) is 1.07. The fraction of sp³-hybridized carbons (Fsp3) is 1.00. The molecule has 1 atom stereocenters. The molecule has 0 heterocycles. The molecule has 0 aliphatic heterocycles. The van der Waals surface area contributed by atoms with E-state index < -0.39 is 0 Å². The third kappa shape index (κ3) is 0.513. The summed E-state index contributed by atoms with van der Waals surface area (Å²) in [5, 5.41) is 1.26. The van der Waals surface area contributed by atoms with E-state index in [-0.39, 0.29) is 0 Å². The lowest BCUT2D eigenvalue weighted by molar-refractivity contribution is 0.266. The Morgan fingerprint density at radius 3 is 2.38 bits per heavy atom. The van der Waals surface area contributed by atoms with Gasteiger partial charge in [0.25, 0.3) is 0 Å². The Kier molecular flexibility index (Phi) is 0.989. The molecule has 0 saturated heterocycles. The number of halogens is 1. The smallest absolute Gasteiger partial charge is 0.00651 e. The van der Waals surface area contributed by atoms with E-state index in [0.29, 0.717) is 0 Å². The van der Waals surface area contributed by atoms with Crippen LogP contribution in [0.3, 0.4) is 0 Å². The highest BCUT2D eigenvalue weighted by atomic mass is 79.9. The SMILES string of the molecule is BrCC1CC12CCC2. The summed E-state index contributed by atoms with van der Waals surface area (Å²) in [6, 6.07) is 0. The van der Waals surface area contributed by atoms with Crippen LogP contribution in [0.25, 0.3) is 0 Å². The molecule has 46 valence electrons. The van der Waals surface area contributed by atoms with E-state index in [4.69, 9.17) is 0 Å². The Labute approximate surface area is 58.8 Å². The van der Waals surface area contributed by atoms with E-state index in [1.807, 2.05) is 0 Å². The van der Waals surface area contributed by atoms with Crippen molar-refractivity contribution in [2.75, 3.05) is 5.33 Å². The lowest BCUT2D eigenvalue weighted by atomic mass is 9.80. The van der Waals surface area contributed by atoms with Gasteiger partial charge in [-0.1, -0.05) is 22.4 Å². The first-order valence-corrected chi connectivity index (χ1v) is 4.55. The molecule has 2 aliphatic carbocycles. The molecule has 0 aromatic carbocycles. The van der Waals surface area contributed by atoms with Crippen molar-refractivity contribution in [3.8, 4) is 0 Å². The van der Waals surface area contributed by atoms with Crippen molar-refractivity contribution >= 4 is 15.9 Å². The minimum absolute atomic E-state index is 0.892. The van der Waals surface area contributed by atoms with Crippen LogP contribution in [0.15, 0.2) is 0 Å². The summed E-state index contributed by atoms with van der Waals surface area (Å²) in [4.78, 5) is 0. The molecule has 0 aromatic heterocycles. The maximum atomic E-state index is 3.53. The number of hydrogen-bond acceptors (Lipinski definition) is 0. The van der Waals surface area contributed by atoms with Gasteiger partial charge < -0.3 is 0 Å². The summed E-state index contributed by atoms with van der Waals surface area (Å²) < 4.78 is 0. The van der Waals surface area contributed by atoms with Gasteiger partial charge >= 0.3 is 0 Å². The summed E-state index contributed by atoms with van der Waals surface area (Å²) in [6.45, 7) is 0. The minimum Gasteiger partial charge on any atom is -0.0925 e. The highest BCUT2D eigenvalue weighted by Crippen LogP contribution is 2.65. The predicted octanol–water partition coefficient (Wildman–Crippen LogP) is 2.57. The largest absolute Gasteiger partial charge is 0.0925 e. The van der Waals surface area contributed by atoms with Crippen LogP contribution in [0.2, 0.25) is 0 Å². The molecule has 2 saturated carbocycles. The van der Waals surface area contributed by atoms with E-state index in [1.54, 1.807) is 0 Å². The molecule has 0 bridgehead atoms. The second-order valence-corrected chi connectivity index (χ2v) is 3.92. The molecular formula is C7H11Br. The topological polar surface area (TPSA) is 0 Å². The average molecular weight is 175 g/mol. The van der Waals surface area contributed by atoms with Gasteiger partial charge in [0, 0.05) is 5.33 Å². The van der Waals surface area contributed by atoms with Gasteiger partial charge in [0.1, 0.15) is 0 Å². The van der Waals surface area contributed by atoms with Crippen LogP contribution in [0.1, 0.15) is 25.7 Å². The van der Waals surface area contributed by atoms with Gasteiger partial charge in [-0.25, -0.2) is 0 Å². The summed E-state index contributed by atoms with van der Waals surface area (Å²) >= 11 is 3.53. The van der Waals surface area contributed by atoms with Crippen molar-refractivity contribution in [3.63, 3.8) is 0 Å². The van der Waals surface area contributed by atoms with Gasteiger partial charge in [-0.05, 0) is 30.6 Å². The lowest BCUT2D eigenvalue weighted by Crippen LogP contribution is -2.14. The molecule has 1 spiro atoms. The molecule has 0 nitrogen and oxygen atoms in total. The molecule has 2 rings (SSSR count). The van der Waals surface area contributed by atoms with Gasteiger partial charge in [-0.3, -0.25) is 0 Å². The van der Waals surface area contributed by atoms with Crippen molar-refractivity contribution in [2.24, 2.45) is 11.3 Å². The van der Waals surface area contributed by atoms with Crippen LogP contribution in [-0.2, 0) is 0 Å². The van der Waals surface area contributed by atoms with Gasteiger partial charge in [0.2, 0.25) is 0 Å². The summed E-state index contributed by atoms with van der Waals surface area (Å²) in [6.07, 6.45) is 6.09. The van der Waals surface area contributed by atoms with Crippen LogP contribution in [0.5, 0.6) is 0 Å². The van der Waals surface area contributed by atoms with Crippen molar-refractivity contribution in [1.29, 1.82) is 0 Å². The molecule has 0 amide bonds. The number of hydrogen-bond donors (Lipinski definition) is 0. The van der Waals surface area contributed by atoms with Crippen LogP contribution in [-0.4, -0.2) is 5.33 Å². The van der Waals surface area contributed by atoms with E-state index in [2.05, 4.69) is 15.9 Å². The maximum Gasteiger partial charge on any atom is 0.00651 e. The second-order valence-electron chi connectivity index (χ2n) is 3.27. The van der Waals surface area contributed by atoms with E-state index in [1.165, 1.54) is 31.0 Å². The Morgan fingerprint density at radius 2 is 2.25 bits per heavy atom. The van der Waals surface area contributed by atoms with E-state index in [0.717, 1.165) is 11.3 Å². The Hall–Kier alpha value is 0.480. The van der Waals surface area contributed by atoms with Crippen molar-refractivity contribution < 1.29 is 0 Å². The third-order valence-electron chi connectivity index (χ3n) is 2.89. The molecule has 0 radical (unpaired) electrons. The first-order chi connectivity index (χ1) is 3.87. The predicted molar refractivity (Wildman–Crippen MR) is 38.2 cm³/mol. The van der Waals surface area contributed by atoms with Gasteiger partial charge in [0.15, 0.2) is 0 Å². The van der Waals surface area contributed by atoms with Gasteiger partial charge in [-0.2, -0.15) is 0 Å². The third-order valence-corrected chi connectivity index (χ3v) is 3.68. The van der Waals surface area contributed by atoms with E-state index in [9.17, 15) is 0 Å². The standard InChI is InChI=1S/C7H11Br/c8-5-6-4-7(6)2-1-3-7/h6H,1-5H2. The van der Waals surface area contributed by atoms with Crippen LogP contribution in [0, 0.1) is 11.3 Å². The molecular weight excluding hydrogens is 164 g/mol. The molecule has 2 aliphatic rings. The minimum atomic E-state index is 0.892. The molecule has 2 fully saturated rings. The van der Waals surface area contributed by atoms with Crippen LogP contribution < -0.4 is 0 Å². The zero-order valence-corrected chi connectivity index (χ0v) is 6.58. The zero-order chi connectivity index (χ0) is 5.61. The molecule has 1 unspecified atom stereocenters. The zero-order valence-electron chi connectivity index (χ0n) is 4.99. The second kappa shape index (κ2) is 1.50. The maximum absolute atomic E-state index is 3.53. The first kappa shape index (κ1) is 5.28. The summed E-state index contributed by atoms with van der Waals surface area (Å²) in [5.41, 5.74) is 0.892. The van der Waals surface area contributed by atoms with E-state index >= 15 is 0 Å². The first-order valence-electron chi connectivity index (χ1n) is 3.43. The molecule has 1 heteroatoms. The number of alkyl halides is 1. The average Bonchev–Trinajstić information content (AvgIpc) is 2.36. The summed E-state index contributed by atoms with van der Waals surface area (Å²) in [7, 11) is 0. The quantitative estimate of drug-likeness (QED) is 0.537. The van der Waals surface area contributed by atoms with Gasteiger partial charge in [0.05, 0.1) is 0 Å². The van der Waals surface area contributed by atoms with Crippen LogP contribution >= 0.6 is 15.9 Å². The molecule has 8 heavy (non-hydrogen) atoms. The molecule has 0 aromatic rings. The lowest BCUT2D eigenvalue weighted by Gasteiger charge is -2.26. The highest BCUT2D eigenvalue weighted by molar-refractivity contribution is 9.09. The fourth-order valence-electron chi connectivity index (χ4n) is 1.89. The van der Waals surface area contributed by atoms with Crippen molar-refractivity contribution in [2.45, 2.75) is 25.7 Å². The number of rotatable bonds is 1. The fourth-order valence-corrected chi connectivity index (χ4v) is 2.81. The Balaban J connectivity index is 1.93. The monoisotopic (exact) mass is 174 g/mol.